The van der Waals surface area contributed by atoms with Crippen LogP contribution >= 0.6 is 0 Å². The van der Waals surface area contributed by atoms with Gasteiger partial charge < -0.3 is 5.11 Å². The van der Waals surface area contributed by atoms with Crippen LogP contribution in [0, 0.1) is 11.3 Å². The summed E-state index contributed by atoms with van der Waals surface area (Å²) in [4.78, 5) is 11.3. The van der Waals surface area contributed by atoms with Crippen LogP contribution in [0.15, 0.2) is 0 Å². The van der Waals surface area contributed by atoms with Crippen LogP contribution in [0.25, 0.3) is 0 Å². The summed E-state index contributed by atoms with van der Waals surface area (Å²) in [5, 5.41) is 9.25. The highest BCUT2D eigenvalue weighted by Crippen LogP contribution is 2.25. The summed E-state index contributed by atoms with van der Waals surface area (Å²) in [7, 11) is -3.60. The predicted molar refractivity (Wildman–Crippen MR) is 82.1 cm³/mol. The fraction of sp³-hybridized carbons (Fsp3) is 0.929. The van der Waals surface area contributed by atoms with E-state index >= 15 is 0 Å². The molecule has 1 aliphatic heterocycles. The van der Waals surface area contributed by atoms with Gasteiger partial charge in [-0.15, -0.1) is 0 Å². The van der Waals surface area contributed by atoms with Gasteiger partial charge in [0.25, 0.3) is 10.2 Å². The van der Waals surface area contributed by atoms with Crippen LogP contribution in [0.4, 0.5) is 0 Å². The average Bonchev–Trinajstić information content (AvgIpc) is 2.33. The van der Waals surface area contributed by atoms with Gasteiger partial charge in [0.15, 0.2) is 0 Å². The molecule has 7 heteroatoms. The molecule has 1 saturated heterocycles. The fourth-order valence-electron chi connectivity index (χ4n) is 2.70. The molecule has 0 aromatic rings. The molecule has 6 nitrogen and oxygen atoms in total. The standard InChI is InChI=1S/C14H28N2O4S/c1-11-7-5-6-8-16(11)21(19,20)15-10-12(13(17)18)9-14(2,3)4/h11-12,15H,5-10H2,1-4H3,(H,17,18). The van der Waals surface area contributed by atoms with E-state index in [0.29, 0.717) is 13.0 Å². The van der Waals surface area contributed by atoms with E-state index in [2.05, 4.69) is 4.72 Å². The highest BCUT2D eigenvalue weighted by atomic mass is 32.2. The number of rotatable bonds is 6. The molecule has 1 aliphatic rings. The van der Waals surface area contributed by atoms with Gasteiger partial charge in [-0.05, 0) is 31.6 Å². The highest BCUT2D eigenvalue weighted by molar-refractivity contribution is 7.87. The van der Waals surface area contributed by atoms with E-state index in [0.717, 1.165) is 19.3 Å². The molecular weight excluding hydrogens is 292 g/mol. The second kappa shape index (κ2) is 7.07. The maximum atomic E-state index is 12.3. The molecule has 0 bridgehead atoms. The van der Waals surface area contributed by atoms with Crippen molar-refractivity contribution in [2.24, 2.45) is 11.3 Å². The number of carbonyl (C=O) groups is 1. The van der Waals surface area contributed by atoms with Crippen LogP contribution in [-0.2, 0) is 15.0 Å². The van der Waals surface area contributed by atoms with Crippen LogP contribution in [0.1, 0.15) is 53.4 Å². The minimum atomic E-state index is -3.60. The molecule has 1 heterocycles. The molecule has 0 aliphatic carbocycles. The molecule has 0 amide bonds. The Morgan fingerprint density at radius 2 is 2.00 bits per heavy atom. The molecule has 2 unspecified atom stereocenters. The minimum Gasteiger partial charge on any atom is -0.481 e. The minimum absolute atomic E-state index is 0.0258. The van der Waals surface area contributed by atoms with Gasteiger partial charge in [-0.25, -0.2) is 4.72 Å². The van der Waals surface area contributed by atoms with Crippen molar-refractivity contribution in [1.82, 2.24) is 9.03 Å². The van der Waals surface area contributed by atoms with Gasteiger partial charge >= 0.3 is 5.97 Å². The zero-order valence-electron chi connectivity index (χ0n) is 13.4. The summed E-state index contributed by atoms with van der Waals surface area (Å²) in [6.07, 6.45) is 3.18. The van der Waals surface area contributed by atoms with E-state index in [1.807, 2.05) is 27.7 Å². The Balaban J connectivity index is 2.67. The second-order valence-electron chi connectivity index (χ2n) is 7.11. The molecule has 0 radical (unpaired) electrons. The average molecular weight is 320 g/mol. The van der Waals surface area contributed by atoms with Crippen molar-refractivity contribution in [3.05, 3.63) is 0 Å². The van der Waals surface area contributed by atoms with E-state index in [-0.39, 0.29) is 18.0 Å². The Kier molecular flexibility index (Phi) is 6.19. The Labute approximate surface area is 128 Å². The predicted octanol–water partition coefficient (Wildman–Crippen LogP) is 1.83. The van der Waals surface area contributed by atoms with Gasteiger partial charge in [0.1, 0.15) is 0 Å². The molecule has 0 aromatic carbocycles. The van der Waals surface area contributed by atoms with Crippen molar-refractivity contribution >= 4 is 16.2 Å². The fourth-order valence-corrected chi connectivity index (χ4v) is 4.23. The SMILES string of the molecule is CC1CCCCN1S(=O)(=O)NCC(CC(C)(C)C)C(=O)O. The summed E-state index contributed by atoms with van der Waals surface area (Å²) >= 11 is 0. The van der Waals surface area contributed by atoms with Gasteiger partial charge in [-0.2, -0.15) is 12.7 Å². The van der Waals surface area contributed by atoms with Crippen LogP contribution < -0.4 is 4.72 Å². The summed E-state index contributed by atoms with van der Waals surface area (Å²) in [5.41, 5.74) is -0.160. The van der Waals surface area contributed by atoms with Crippen LogP contribution in [0.5, 0.6) is 0 Å². The van der Waals surface area contributed by atoms with Gasteiger partial charge in [0.2, 0.25) is 0 Å². The second-order valence-corrected chi connectivity index (χ2v) is 8.82. The third-order valence-electron chi connectivity index (χ3n) is 3.77. The number of nitrogens with zero attached hydrogens (tertiary/aromatic N) is 1. The van der Waals surface area contributed by atoms with Crippen LogP contribution in [0.3, 0.4) is 0 Å². The molecule has 2 atom stereocenters. The zero-order valence-corrected chi connectivity index (χ0v) is 14.2. The van der Waals surface area contributed by atoms with Crippen molar-refractivity contribution in [2.45, 2.75) is 59.4 Å². The summed E-state index contributed by atoms with van der Waals surface area (Å²) in [6, 6.07) is -0.0258. The van der Waals surface area contributed by atoms with Crippen molar-refractivity contribution in [1.29, 1.82) is 0 Å². The Morgan fingerprint density at radius 3 is 2.48 bits per heavy atom. The molecule has 2 N–H and O–H groups in total. The largest absolute Gasteiger partial charge is 0.481 e. The van der Waals surface area contributed by atoms with E-state index < -0.39 is 22.1 Å². The Bertz CT molecular complexity index is 456. The first-order chi connectivity index (χ1) is 9.53. The molecule has 0 saturated carbocycles. The van der Waals surface area contributed by atoms with Crippen molar-refractivity contribution in [3.63, 3.8) is 0 Å². The third kappa shape index (κ3) is 5.92. The van der Waals surface area contributed by atoms with Crippen molar-refractivity contribution in [3.8, 4) is 0 Å². The molecule has 21 heavy (non-hydrogen) atoms. The van der Waals surface area contributed by atoms with Gasteiger partial charge in [-0.3, -0.25) is 4.79 Å². The molecule has 0 spiro atoms. The van der Waals surface area contributed by atoms with Crippen molar-refractivity contribution < 1.29 is 18.3 Å². The lowest BCUT2D eigenvalue weighted by Crippen LogP contribution is -2.49. The van der Waals surface area contributed by atoms with Gasteiger partial charge in [0.05, 0.1) is 5.92 Å². The first-order valence-electron chi connectivity index (χ1n) is 7.52. The smallest absolute Gasteiger partial charge is 0.307 e. The number of carboxylic acid groups (broad SMARTS) is 1. The normalized spacial score (nSPS) is 23.0. The van der Waals surface area contributed by atoms with Gasteiger partial charge in [-0.1, -0.05) is 27.2 Å². The number of nitrogens with one attached hydrogen (secondary N) is 1. The number of piperidine rings is 1. The first-order valence-corrected chi connectivity index (χ1v) is 8.96. The number of carboxylic acids is 1. The first kappa shape index (κ1) is 18.4. The Hall–Kier alpha value is -0.660. The maximum Gasteiger partial charge on any atom is 0.307 e. The quantitative estimate of drug-likeness (QED) is 0.781. The summed E-state index contributed by atoms with van der Waals surface area (Å²) in [6.45, 7) is 8.19. The van der Waals surface area contributed by atoms with Crippen molar-refractivity contribution in [2.75, 3.05) is 13.1 Å². The topological polar surface area (TPSA) is 86.7 Å². The number of aliphatic carboxylic acids is 1. The Morgan fingerprint density at radius 1 is 1.38 bits per heavy atom. The zero-order chi connectivity index (χ0) is 16.3. The molecule has 124 valence electrons. The summed E-state index contributed by atoms with van der Waals surface area (Å²) in [5.74, 6) is -1.67. The molecule has 1 rings (SSSR count). The van der Waals surface area contributed by atoms with E-state index in [9.17, 15) is 18.3 Å². The van der Waals surface area contributed by atoms with E-state index in [1.54, 1.807) is 0 Å². The molecule has 0 aromatic heterocycles. The van der Waals surface area contributed by atoms with Crippen LogP contribution in [0.2, 0.25) is 0 Å². The number of hydrogen-bond donors (Lipinski definition) is 2. The van der Waals surface area contributed by atoms with Crippen LogP contribution in [-0.4, -0.2) is 42.9 Å². The highest BCUT2D eigenvalue weighted by Gasteiger charge is 2.31. The molecule has 1 fully saturated rings. The monoisotopic (exact) mass is 320 g/mol. The lowest BCUT2D eigenvalue weighted by atomic mass is 9.85. The lowest BCUT2D eigenvalue weighted by molar-refractivity contribution is -0.142. The molecular formula is C14H28N2O4S. The maximum absolute atomic E-state index is 12.3. The number of hydrogen-bond acceptors (Lipinski definition) is 3. The van der Waals surface area contributed by atoms with E-state index in [4.69, 9.17) is 0 Å². The third-order valence-corrected chi connectivity index (χ3v) is 5.46. The lowest BCUT2D eigenvalue weighted by Gasteiger charge is -2.32. The summed E-state index contributed by atoms with van der Waals surface area (Å²) < 4.78 is 28.6. The van der Waals surface area contributed by atoms with Gasteiger partial charge in [0, 0.05) is 19.1 Å². The van der Waals surface area contributed by atoms with E-state index in [1.165, 1.54) is 4.31 Å².